The summed E-state index contributed by atoms with van der Waals surface area (Å²) >= 11 is 0. The number of aromatic amines is 1. The summed E-state index contributed by atoms with van der Waals surface area (Å²) in [4.78, 5) is 3.95. The Balaban J connectivity index is 1.80. The van der Waals surface area contributed by atoms with E-state index >= 15 is 0 Å². The van der Waals surface area contributed by atoms with Crippen LogP contribution in [0, 0.1) is 17.7 Å². The molecule has 0 atom stereocenters. The van der Waals surface area contributed by atoms with Gasteiger partial charge in [0.2, 0.25) is 5.95 Å². The molecule has 23 heavy (non-hydrogen) atoms. The number of hydrogen-bond acceptors (Lipinski definition) is 2. The monoisotopic (exact) mass is 311 g/mol. The summed E-state index contributed by atoms with van der Waals surface area (Å²) in [5.74, 6) is -0.375. The summed E-state index contributed by atoms with van der Waals surface area (Å²) in [6.45, 7) is 0. The molecule has 0 bridgehead atoms. The van der Waals surface area contributed by atoms with Crippen molar-refractivity contribution in [2.45, 2.75) is 19.3 Å². The van der Waals surface area contributed by atoms with E-state index in [0.717, 1.165) is 29.5 Å². The van der Waals surface area contributed by atoms with Crippen LogP contribution in [0.2, 0.25) is 0 Å². The molecule has 5 heteroatoms. The Labute approximate surface area is 132 Å². The standard InChI is InChI=1S/C18H15F2N3/c19-14-8-13(9-21-10-14)15(12-2-1-3-12)6-11-4-5-17-16(7-11)18(20)23-22-17/h4-10,12H,1-3H2,(H,22,23)/b15-6+. The number of fused-ring (bicyclic) bond motifs is 1. The molecule has 2 heterocycles. The molecule has 0 amide bonds. The smallest absolute Gasteiger partial charge is 0.216 e. The highest BCUT2D eigenvalue weighted by Gasteiger charge is 2.23. The lowest BCUT2D eigenvalue weighted by Gasteiger charge is -2.28. The zero-order valence-corrected chi connectivity index (χ0v) is 12.4. The largest absolute Gasteiger partial charge is 0.261 e. The van der Waals surface area contributed by atoms with Crippen molar-refractivity contribution in [1.82, 2.24) is 15.2 Å². The molecular formula is C18H15F2N3. The van der Waals surface area contributed by atoms with Crippen molar-refractivity contribution in [2.75, 3.05) is 0 Å². The highest BCUT2D eigenvalue weighted by Crippen LogP contribution is 2.39. The molecule has 3 nitrogen and oxygen atoms in total. The van der Waals surface area contributed by atoms with Crippen LogP contribution in [-0.2, 0) is 0 Å². The Morgan fingerprint density at radius 2 is 2.04 bits per heavy atom. The Morgan fingerprint density at radius 1 is 1.17 bits per heavy atom. The van der Waals surface area contributed by atoms with Gasteiger partial charge in [-0.3, -0.25) is 10.1 Å². The number of pyridine rings is 1. The Bertz CT molecular complexity index is 894. The van der Waals surface area contributed by atoms with E-state index in [2.05, 4.69) is 15.2 Å². The van der Waals surface area contributed by atoms with Gasteiger partial charge in [0.05, 0.1) is 17.1 Å². The SMILES string of the molecule is Fc1cncc(/C(=C/c2ccc3n[nH]c(F)c3c2)C2CCC2)c1. The van der Waals surface area contributed by atoms with Gasteiger partial charge in [-0.25, -0.2) is 4.39 Å². The van der Waals surface area contributed by atoms with Gasteiger partial charge in [0.15, 0.2) is 0 Å². The molecule has 1 aliphatic carbocycles. The number of allylic oxidation sites excluding steroid dienone is 1. The number of aromatic nitrogens is 3. The second kappa shape index (κ2) is 5.57. The lowest BCUT2D eigenvalue weighted by molar-refractivity contribution is 0.401. The lowest BCUT2D eigenvalue weighted by Crippen LogP contribution is -2.13. The number of rotatable bonds is 3. The zero-order valence-electron chi connectivity index (χ0n) is 12.4. The normalized spacial score (nSPS) is 15.8. The molecule has 3 aromatic rings. The van der Waals surface area contributed by atoms with Crippen molar-refractivity contribution in [3.63, 3.8) is 0 Å². The lowest BCUT2D eigenvalue weighted by atomic mass is 9.76. The molecule has 0 spiro atoms. The van der Waals surface area contributed by atoms with Gasteiger partial charge in [0.25, 0.3) is 0 Å². The summed E-state index contributed by atoms with van der Waals surface area (Å²) in [7, 11) is 0. The van der Waals surface area contributed by atoms with E-state index < -0.39 is 5.95 Å². The van der Waals surface area contributed by atoms with Gasteiger partial charge in [0, 0.05) is 6.20 Å². The Morgan fingerprint density at radius 3 is 2.78 bits per heavy atom. The number of nitrogens with one attached hydrogen (secondary N) is 1. The van der Waals surface area contributed by atoms with E-state index in [1.165, 1.54) is 18.7 Å². The maximum Gasteiger partial charge on any atom is 0.216 e. The van der Waals surface area contributed by atoms with Gasteiger partial charge >= 0.3 is 0 Å². The first-order valence-electron chi connectivity index (χ1n) is 7.67. The maximum atomic E-state index is 13.7. The van der Waals surface area contributed by atoms with Gasteiger partial charge in [-0.15, -0.1) is 0 Å². The van der Waals surface area contributed by atoms with Crippen LogP contribution in [0.5, 0.6) is 0 Å². The van der Waals surface area contributed by atoms with Crippen molar-refractivity contribution < 1.29 is 8.78 Å². The Hall–Kier alpha value is -2.56. The fraction of sp³-hybridized carbons (Fsp3) is 0.222. The molecule has 2 aromatic heterocycles. The van der Waals surface area contributed by atoms with E-state index in [4.69, 9.17) is 0 Å². The van der Waals surface area contributed by atoms with Gasteiger partial charge < -0.3 is 0 Å². The van der Waals surface area contributed by atoms with Crippen LogP contribution >= 0.6 is 0 Å². The molecule has 1 N–H and O–H groups in total. The first-order valence-corrected chi connectivity index (χ1v) is 7.67. The van der Waals surface area contributed by atoms with Crippen LogP contribution in [0.3, 0.4) is 0 Å². The van der Waals surface area contributed by atoms with Gasteiger partial charge in [0.1, 0.15) is 5.82 Å². The topological polar surface area (TPSA) is 41.6 Å². The van der Waals surface area contributed by atoms with Crippen LogP contribution in [0.4, 0.5) is 8.78 Å². The minimum absolute atomic E-state index is 0.343. The second-order valence-corrected chi connectivity index (χ2v) is 5.93. The van der Waals surface area contributed by atoms with E-state index in [9.17, 15) is 8.78 Å². The third-order valence-corrected chi connectivity index (χ3v) is 4.44. The van der Waals surface area contributed by atoms with Crippen molar-refractivity contribution in [1.29, 1.82) is 0 Å². The first kappa shape index (κ1) is 14.1. The highest BCUT2D eigenvalue weighted by atomic mass is 19.1. The number of halogens is 2. The summed E-state index contributed by atoms with van der Waals surface area (Å²) < 4.78 is 27.2. The van der Waals surface area contributed by atoms with Crippen LogP contribution in [-0.4, -0.2) is 15.2 Å². The molecular weight excluding hydrogens is 296 g/mol. The number of nitrogens with zero attached hydrogens (tertiary/aromatic N) is 2. The third kappa shape index (κ3) is 2.63. The molecule has 0 saturated heterocycles. The number of benzene rings is 1. The molecule has 1 aromatic carbocycles. The highest BCUT2D eigenvalue weighted by molar-refractivity contribution is 5.87. The van der Waals surface area contributed by atoms with Crippen LogP contribution in [0.15, 0.2) is 36.7 Å². The average molecular weight is 311 g/mol. The molecule has 0 unspecified atom stereocenters. The van der Waals surface area contributed by atoms with Crippen molar-refractivity contribution in [3.8, 4) is 0 Å². The minimum Gasteiger partial charge on any atom is -0.261 e. The minimum atomic E-state index is -0.437. The predicted molar refractivity (Wildman–Crippen MR) is 85.5 cm³/mol. The van der Waals surface area contributed by atoms with Crippen molar-refractivity contribution in [2.24, 2.45) is 5.92 Å². The summed E-state index contributed by atoms with van der Waals surface area (Å²) in [5, 5.41) is 6.70. The summed E-state index contributed by atoms with van der Waals surface area (Å²) in [6.07, 6.45) is 8.25. The average Bonchev–Trinajstić information content (AvgIpc) is 2.86. The van der Waals surface area contributed by atoms with E-state index in [-0.39, 0.29) is 5.82 Å². The van der Waals surface area contributed by atoms with Gasteiger partial charge in [-0.05, 0) is 53.7 Å². The number of hydrogen-bond donors (Lipinski definition) is 1. The molecule has 0 radical (unpaired) electrons. The molecule has 116 valence electrons. The van der Waals surface area contributed by atoms with Gasteiger partial charge in [-0.2, -0.15) is 9.49 Å². The van der Waals surface area contributed by atoms with E-state index in [0.29, 0.717) is 16.8 Å². The van der Waals surface area contributed by atoms with Crippen LogP contribution < -0.4 is 0 Å². The van der Waals surface area contributed by atoms with Crippen molar-refractivity contribution >= 4 is 22.6 Å². The molecule has 0 aliphatic heterocycles. The molecule has 1 aliphatic rings. The molecule has 1 fully saturated rings. The Kier molecular flexibility index (Phi) is 3.41. The summed E-state index contributed by atoms with van der Waals surface area (Å²) in [6, 6.07) is 6.95. The first-order chi connectivity index (χ1) is 11.2. The zero-order chi connectivity index (χ0) is 15.8. The van der Waals surface area contributed by atoms with E-state index in [1.807, 2.05) is 12.1 Å². The van der Waals surface area contributed by atoms with Gasteiger partial charge in [-0.1, -0.05) is 18.6 Å². The summed E-state index contributed by atoms with van der Waals surface area (Å²) in [5.41, 5.74) is 3.33. The van der Waals surface area contributed by atoms with Crippen LogP contribution in [0.1, 0.15) is 30.4 Å². The second-order valence-electron chi connectivity index (χ2n) is 5.93. The molecule has 1 saturated carbocycles. The predicted octanol–water partition coefficient (Wildman–Crippen LogP) is 4.58. The fourth-order valence-corrected chi connectivity index (χ4v) is 2.99. The number of H-pyrrole nitrogens is 1. The molecule has 4 rings (SSSR count). The van der Waals surface area contributed by atoms with Crippen molar-refractivity contribution in [3.05, 3.63) is 59.6 Å². The maximum absolute atomic E-state index is 13.7. The quantitative estimate of drug-likeness (QED) is 0.769. The van der Waals surface area contributed by atoms with E-state index in [1.54, 1.807) is 18.3 Å². The fourth-order valence-electron chi connectivity index (χ4n) is 2.99. The third-order valence-electron chi connectivity index (χ3n) is 4.44. The van der Waals surface area contributed by atoms with Crippen LogP contribution in [0.25, 0.3) is 22.6 Å².